The molecule has 0 aromatic heterocycles. The maximum atomic E-state index is 5.15. The SMILES string of the molecule is COCCN(CCCC1CCCC1)CCOC. The van der Waals surface area contributed by atoms with E-state index in [9.17, 15) is 0 Å². The first-order valence-corrected chi connectivity index (χ1v) is 7.07. The van der Waals surface area contributed by atoms with E-state index in [1.807, 2.05) is 0 Å². The Morgan fingerprint density at radius 1 is 0.941 bits per heavy atom. The quantitative estimate of drug-likeness (QED) is 0.588. The molecule has 1 aliphatic rings. The summed E-state index contributed by atoms with van der Waals surface area (Å²) in [6, 6.07) is 0. The molecule has 0 heterocycles. The third-order valence-electron chi connectivity index (χ3n) is 3.78. The van der Waals surface area contributed by atoms with Gasteiger partial charge in [0.2, 0.25) is 0 Å². The van der Waals surface area contributed by atoms with Gasteiger partial charge in [-0.05, 0) is 25.3 Å². The molecule has 0 spiro atoms. The maximum absolute atomic E-state index is 5.15. The van der Waals surface area contributed by atoms with Crippen LogP contribution >= 0.6 is 0 Å². The molecule has 0 N–H and O–H groups in total. The van der Waals surface area contributed by atoms with Crippen LogP contribution in [-0.4, -0.2) is 52.0 Å². The molecule has 0 saturated heterocycles. The van der Waals surface area contributed by atoms with Crippen molar-refractivity contribution in [1.29, 1.82) is 0 Å². The smallest absolute Gasteiger partial charge is 0.0589 e. The highest BCUT2D eigenvalue weighted by atomic mass is 16.5. The summed E-state index contributed by atoms with van der Waals surface area (Å²) in [4.78, 5) is 2.46. The van der Waals surface area contributed by atoms with Gasteiger partial charge in [-0.1, -0.05) is 25.7 Å². The molecular weight excluding hydrogens is 214 g/mol. The van der Waals surface area contributed by atoms with Gasteiger partial charge in [-0.15, -0.1) is 0 Å². The summed E-state index contributed by atoms with van der Waals surface area (Å²) in [6.45, 7) is 4.92. The standard InChI is InChI=1S/C14H29NO2/c1-16-12-10-15(11-13-17-2)9-5-8-14-6-3-4-7-14/h14H,3-13H2,1-2H3. The average Bonchev–Trinajstić information content (AvgIpc) is 2.85. The Morgan fingerprint density at radius 3 is 2.06 bits per heavy atom. The predicted molar refractivity (Wildman–Crippen MR) is 71.4 cm³/mol. The van der Waals surface area contributed by atoms with Crippen LogP contribution in [0.2, 0.25) is 0 Å². The third kappa shape index (κ3) is 7.02. The van der Waals surface area contributed by atoms with Crippen LogP contribution in [0.15, 0.2) is 0 Å². The zero-order valence-corrected chi connectivity index (χ0v) is 11.6. The van der Waals surface area contributed by atoms with Gasteiger partial charge < -0.3 is 9.47 Å². The fourth-order valence-corrected chi connectivity index (χ4v) is 2.68. The van der Waals surface area contributed by atoms with Gasteiger partial charge in [0.15, 0.2) is 0 Å². The summed E-state index contributed by atoms with van der Waals surface area (Å²) < 4.78 is 10.3. The van der Waals surface area contributed by atoms with E-state index >= 15 is 0 Å². The van der Waals surface area contributed by atoms with E-state index in [4.69, 9.17) is 9.47 Å². The fraction of sp³-hybridized carbons (Fsp3) is 1.00. The normalized spacial score (nSPS) is 17.1. The van der Waals surface area contributed by atoms with Crippen molar-refractivity contribution in [2.75, 3.05) is 47.1 Å². The van der Waals surface area contributed by atoms with Crippen LogP contribution in [0.1, 0.15) is 38.5 Å². The van der Waals surface area contributed by atoms with Crippen LogP contribution in [0.4, 0.5) is 0 Å². The minimum absolute atomic E-state index is 0.827. The van der Waals surface area contributed by atoms with Gasteiger partial charge in [-0.25, -0.2) is 0 Å². The molecule has 0 unspecified atom stereocenters. The molecule has 0 amide bonds. The van der Waals surface area contributed by atoms with E-state index in [1.54, 1.807) is 14.2 Å². The molecule has 102 valence electrons. The second-order valence-electron chi connectivity index (χ2n) is 5.12. The van der Waals surface area contributed by atoms with E-state index < -0.39 is 0 Å². The Labute approximate surface area is 106 Å². The molecule has 0 aliphatic heterocycles. The number of hydrogen-bond donors (Lipinski definition) is 0. The molecule has 3 nitrogen and oxygen atoms in total. The van der Waals surface area contributed by atoms with Crippen molar-refractivity contribution in [3.63, 3.8) is 0 Å². The van der Waals surface area contributed by atoms with Crippen LogP contribution in [0.3, 0.4) is 0 Å². The number of ether oxygens (including phenoxy) is 2. The lowest BCUT2D eigenvalue weighted by Crippen LogP contribution is -2.31. The molecule has 0 radical (unpaired) electrons. The van der Waals surface area contributed by atoms with Crippen LogP contribution in [0.5, 0.6) is 0 Å². The van der Waals surface area contributed by atoms with E-state index in [1.165, 1.54) is 45.1 Å². The van der Waals surface area contributed by atoms with Crippen molar-refractivity contribution in [1.82, 2.24) is 4.90 Å². The van der Waals surface area contributed by atoms with Gasteiger partial charge in [0.1, 0.15) is 0 Å². The van der Waals surface area contributed by atoms with Crippen molar-refractivity contribution < 1.29 is 9.47 Å². The van der Waals surface area contributed by atoms with Gasteiger partial charge in [0.25, 0.3) is 0 Å². The zero-order valence-electron chi connectivity index (χ0n) is 11.6. The summed E-state index contributed by atoms with van der Waals surface area (Å²) in [7, 11) is 3.54. The van der Waals surface area contributed by atoms with Crippen LogP contribution < -0.4 is 0 Å². The van der Waals surface area contributed by atoms with Gasteiger partial charge >= 0.3 is 0 Å². The number of nitrogens with zero attached hydrogens (tertiary/aromatic N) is 1. The highest BCUT2D eigenvalue weighted by molar-refractivity contribution is 4.68. The number of rotatable bonds is 10. The van der Waals surface area contributed by atoms with Crippen molar-refractivity contribution in [2.24, 2.45) is 5.92 Å². The topological polar surface area (TPSA) is 21.7 Å². The molecule has 1 aliphatic carbocycles. The lowest BCUT2D eigenvalue weighted by Gasteiger charge is -2.22. The molecular formula is C14H29NO2. The molecule has 0 atom stereocenters. The van der Waals surface area contributed by atoms with Crippen molar-refractivity contribution in [2.45, 2.75) is 38.5 Å². The van der Waals surface area contributed by atoms with Crippen molar-refractivity contribution in [3.8, 4) is 0 Å². The van der Waals surface area contributed by atoms with Gasteiger partial charge in [0, 0.05) is 27.3 Å². The highest BCUT2D eigenvalue weighted by Crippen LogP contribution is 2.28. The summed E-state index contributed by atoms with van der Waals surface area (Å²) in [5.41, 5.74) is 0. The maximum Gasteiger partial charge on any atom is 0.0589 e. The van der Waals surface area contributed by atoms with E-state index in [-0.39, 0.29) is 0 Å². The van der Waals surface area contributed by atoms with Crippen molar-refractivity contribution in [3.05, 3.63) is 0 Å². The van der Waals surface area contributed by atoms with Gasteiger partial charge in [0.05, 0.1) is 13.2 Å². The van der Waals surface area contributed by atoms with E-state index in [0.717, 1.165) is 32.2 Å². The molecule has 1 rings (SSSR count). The molecule has 17 heavy (non-hydrogen) atoms. The predicted octanol–water partition coefficient (Wildman–Crippen LogP) is 2.55. The van der Waals surface area contributed by atoms with Gasteiger partial charge in [-0.3, -0.25) is 4.90 Å². The minimum Gasteiger partial charge on any atom is -0.383 e. The molecule has 1 saturated carbocycles. The highest BCUT2D eigenvalue weighted by Gasteiger charge is 2.14. The Morgan fingerprint density at radius 2 is 1.53 bits per heavy atom. The second-order valence-corrected chi connectivity index (χ2v) is 5.12. The Bertz CT molecular complexity index is 162. The van der Waals surface area contributed by atoms with Crippen LogP contribution in [0.25, 0.3) is 0 Å². The molecule has 0 aromatic carbocycles. The summed E-state index contributed by atoms with van der Waals surface area (Å²) in [5.74, 6) is 1.02. The second kappa shape index (κ2) is 9.86. The average molecular weight is 243 g/mol. The summed E-state index contributed by atoms with van der Waals surface area (Å²) >= 11 is 0. The molecule has 0 aromatic rings. The minimum atomic E-state index is 0.827. The first-order chi connectivity index (χ1) is 8.36. The third-order valence-corrected chi connectivity index (χ3v) is 3.78. The number of methoxy groups -OCH3 is 2. The first-order valence-electron chi connectivity index (χ1n) is 7.07. The molecule has 1 fully saturated rings. The lowest BCUT2D eigenvalue weighted by atomic mass is 10.0. The van der Waals surface area contributed by atoms with Crippen LogP contribution in [0, 0.1) is 5.92 Å². The molecule has 3 heteroatoms. The first kappa shape index (κ1) is 14.9. The summed E-state index contributed by atoms with van der Waals surface area (Å²) in [5, 5.41) is 0. The van der Waals surface area contributed by atoms with Crippen molar-refractivity contribution >= 4 is 0 Å². The Hall–Kier alpha value is -0.120. The summed E-state index contributed by atoms with van der Waals surface area (Å²) in [6.07, 6.45) is 8.60. The largest absolute Gasteiger partial charge is 0.383 e. The monoisotopic (exact) mass is 243 g/mol. The van der Waals surface area contributed by atoms with Crippen LogP contribution in [-0.2, 0) is 9.47 Å². The zero-order chi connectivity index (χ0) is 12.3. The van der Waals surface area contributed by atoms with Gasteiger partial charge in [-0.2, -0.15) is 0 Å². The van der Waals surface area contributed by atoms with E-state index in [0.29, 0.717) is 0 Å². The Balaban J connectivity index is 2.08. The van der Waals surface area contributed by atoms with E-state index in [2.05, 4.69) is 4.90 Å². The lowest BCUT2D eigenvalue weighted by molar-refractivity contribution is 0.112. The molecule has 0 bridgehead atoms. The fourth-order valence-electron chi connectivity index (χ4n) is 2.68. The Kier molecular flexibility index (Phi) is 8.67. The number of hydrogen-bond acceptors (Lipinski definition) is 3.